The molecular formula is C15H12Cl4O2. The molecule has 0 amide bonds. The lowest BCUT2D eigenvalue weighted by Crippen LogP contribution is -2.19. The Labute approximate surface area is 143 Å². The van der Waals surface area contributed by atoms with Crippen LogP contribution >= 0.6 is 46.9 Å². The quantitative estimate of drug-likeness (QED) is 0.625. The second-order valence-electron chi connectivity index (χ2n) is 5.04. The molecule has 112 valence electrons. The third-order valence-corrected chi connectivity index (χ3v) is 4.68. The zero-order valence-electron chi connectivity index (χ0n) is 11.3. The lowest BCUT2D eigenvalue weighted by Gasteiger charge is -2.27. The summed E-state index contributed by atoms with van der Waals surface area (Å²) in [5.41, 5.74) is 1.54. The largest absolute Gasteiger partial charge is 0.386 e. The first-order chi connectivity index (χ1) is 9.91. The maximum atomic E-state index is 6.35. The van der Waals surface area contributed by atoms with Crippen LogP contribution in [-0.4, -0.2) is 0 Å². The fraction of sp³-hybridized carbons (Fsp3) is 0.200. The molecular weight excluding hydrogens is 354 g/mol. The van der Waals surface area contributed by atoms with Gasteiger partial charge in [0.05, 0.1) is 5.02 Å². The Kier molecular flexibility index (Phi) is 5.15. The normalized spacial score (nSPS) is 11.3. The highest BCUT2D eigenvalue weighted by molar-refractivity contribution is 6.43. The molecule has 2 aromatic carbocycles. The molecule has 0 radical (unpaired) electrons. The molecule has 0 heterocycles. The summed E-state index contributed by atoms with van der Waals surface area (Å²) in [7, 11) is 0. The molecule has 0 bridgehead atoms. The number of rotatable bonds is 4. The van der Waals surface area contributed by atoms with Crippen molar-refractivity contribution in [2.24, 2.45) is 0 Å². The van der Waals surface area contributed by atoms with Crippen molar-refractivity contribution in [2.45, 2.75) is 19.3 Å². The molecule has 0 aliphatic heterocycles. The van der Waals surface area contributed by atoms with Crippen molar-refractivity contribution >= 4 is 46.9 Å². The van der Waals surface area contributed by atoms with Crippen LogP contribution in [0.1, 0.15) is 25.0 Å². The van der Waals surface area contributed by atoms with Gasteiger partial charge < -0.3 is 8.58 Å². The van der Waals surface area contributed by atoms with Crippen LogP contribution < -0.4 is 8.58 Å². The Hall–Kier alpha value is -0.800. The van der Waals surface area contributed by atoms with Crippen molar-refractivity contribution in [3.8, 4) is 11.5 Å². The van der Waals surface area contributed by atoms with Crippen molar-refractivity contribution < 1.29 is 8.58 Å². The predicted molar refractivity (Wildman–Crippen MR) is 88.0 cm³/mol. The molecule has 6 heteroatoms. The Balaban J connectivity index is 2.49. The highest BCUT2D eigenvalue weighted by atomic mass is 35.5. The standard InChI is InChI=1S/C15H12Cl4O2/c1-15(2,9-3-5-10(20-18)6-4-9)11-7-8-12(21-19)14(17)13(11)16/h3-8H,1-2H3. The Morgan fingerprint density at radius 3 is 1.95 bits per heavy atom. The monoisotopic (exact) mass is 364 g/mol. The summed E-state index contributed by atoms with van der Waals surface area (Å²) >= 11 is 23.2. The van der Waals surface area contributed by atoms with E-state index in [0.29, 0.717) is 16.5 Å². The molecule has 0 N–H and O–H groups in total. The average Bonchev–Trinajstić information content (AvgIpc) is 2.49. The molecule has 0 fully saturated rings. The highest BCUT2D eigenvalue weighted by Gasteiger charge is 2.27. The van der Waals surface area contributed by atoms with E-state index < -0.39 is 0 Å². The zero-order valence-corrected chi connectivity index (χ0v) is 14.3. The van der Waals surface area contributed by atoms with Crippen LogP contribution in [-0.2, 0) is 5.41 Å². The van der Waals surface area contributed by atoms with E-state index in [1.54, 1.807) is 18.2 Å². The van der Waals surface area contributed by atoms with Crippen LogP contribution in [0.3, 0.4) is 0 Å². The summed E-state index contributed by atoms with van der Waals surface area (Å²) in [6.07, 6.45) is 0. The number of hydrogen-bond donors (Lipinski definition) is 0. The van der Waals surface area contributed by atoms with E-state index in [0.717, 1.165) is 11.1 Å². The summed E-state index contributed by atoms with van der Waals surface area (Å²) < 4.78 is 9.31. The summed E-state index contributed by atoms with van der Waals surface area (Å²) in [6.45, 7) is 4.09. The molecule has 0 atom stereocenters. The highest BCUT2D eigenvalue weighted by Crippen LogP contribution is 2.43. The van der Waals surface area contributed by atoms with E-state index in [4.69, 9.17) is 46.9 Å². The van der Waals surface area contributed by atoms with Gasteiger partial charge in [0.1, 0.15) is 34.5 Å². The summed E-state index contributed by atoms with van der Waals surface area (Å²) in [4.78, 5) is 0. The molecule has 0 spiro atoms. The Bertz CT molecular complexity index is 639. The average molecular weight is 366 g/mol. The maximum absolute atomic E-state index is 6.35. The zero-order chi connectivity index (χ0) is 15.6. The first-order valence-corrected chi connectivity index (χ1v) is 7.45. The van der Waals surface area contributed by atoms with Gasteiger partial charge in [-0.15, -0.1) is 0 Å². The van der Waals surface area contributed by atoms with E-state index >= 15 is 0 Å². The summed E-state index contributed by atoms with van der Waals surface area (Å²) in [5, 5.41) is 0.704. The van der Waals surface area contributed by atoms with Crippen molar-refractivity contribution in [3.05, 3.63) is 57.6 Å². The third kappa shape index (κ3) is 3.19. The smallest absolute Gasteiger partial charge is 0.166 e. The van der Waals surface area contributed by atoms with E-state index in [1.165, 1.54) is 0 Å². The van der Waals surface area contributed by atoms with Crippen LogP contribution in [0.2, 0.25) is 10.0 Å². The van der Waals surface area contributed by atoms with Gasteiger partial charge in [-0.1, -0.05) is 55.2 Å². The number of halogens is 4. The molecule has 2 nitrogen and oxygen atoms in total. The van der Waals surface area contributed by atoms with E-state index in [1.807, 2.05) is 32.0 Å². The van der Waals surface area contributed by atoms with Crippen LogP contribution in [0, 0.1) is 0 Å². The molecule has 0 aromatic heterocycles. The molecule has 0 saturated heterocycles. The summed E-state index contributed by atoms with van der Waals surface area (Å²) in [6, 6.07) is 11.0. The minimum atomic E-state index is -0.365. The minimum Gasteiger partial charge on any atom is -0.386 e. The van der Waals surface area contributed by atoms with Gasteiger partial charge in [0.25, 0.3) is 0 Å². The van der Waals surface area contributed by atoms with Crippen LogP contribution in [0.4, 0.5) is 0 Å². The first kappa shape index (κ1) is 16.6. The van der Waals surface area contributed by atoms with Crippen LogP contribution in [0.25, 0.3) is 0 Å². The van der Waals surface area contributed by atoms with Gasteiger partial charge >= 0.3 is 0 Å². The van der Waals surface area contributed by atoms with Gasteiger partial charge in [-0.3, -0.25) is 0 Å². The lowest BCUT2D eigenvalue weighted by molar-refractivity contribution is 0.606. The number of benzene rings is 2. The SMILES string of the molecule is CC(C)(c1ccc(OCl)cc1)c1ccc(OCl)c(Cl)c1Cl. The van der Waals surface area contributed by atoms with Crippen LogP contribution in [0.15, 0.2) is 36.4 Å². The molecule has 0 saturated carbocycles. The van der Waals surface area contributed by atoms with Crippen molar-refractivity contribution in [3.63, 3.8) is 0 Å². The second kappa shape index (κ2) is 6.53. The molecule has 0 aliphatic carbocycles. The first-order valence-electron chi connectivity index (χ1n) is 6.08. The van der Waals surface area contributed by atoms with Gasteiger partial charge in [0.15, 0.2) is 5.75 Å². The Morgan fingerprint density at radius 1 is 0.810 bits per heavy atom. The van der Waals surface area contributed by atoms with Gasteiger partial charge in [-0.25, -0.2) is 0 Å². The predicted octanol–water partition coefficient (Wildman–Crippen LogP) is 6.38. The molecule has 0 aliphatic rings. The third-order valence-electron chi connectivity index (χ3n) is 3.47. The van der Waals surface area contributed by atoms with E-state index in [9.17, 15) is 0 Å². The topological polar surface area (TPSA) is 18.5 Å². The van der Waals surface area contributed by atoms with Crippen molar-refractivity contribution in [1.82, 2.24) is 0 Å². The van der Waals surface area contributed by atoms with Gasteiger partial charge in [0, 0.05) is 5.41 Å². The van der Waals surface area contributed by atoms with Crippen molar-refractivity contribution in [1.29, 1.82) is 0 Å². The van der Waals surface area contributed by atoms with Gasteiger partial charge in [-0.2, -0.15) is 0 Å². The number of hydrogen-bond acceptors (Lipinski definition) is 2. The fourth-order valence-electron chi connectivity index (χ4n) is 2.15. The van der Waals surface area contributed by atoms with Gasteiger partial charge in [-0.05, 0) is 29.3 Å². The second-order valence-corrected chi connectivity index (χ2v) is 6.11. The lowest BCUT2D eigenvalue weighted by atomic mass is 9.78. The molecule has 21 heavy (non-hydrogen) atoms. The summed E-state index contributed by atoms with van der Waals surface area (Å²) in [5.74, 6) is 0.903. The van der Waals surface area contributed by atoms with Crippen LogP contribution in [0.5, 0.6) is 11.5 Å². The fourth-order valence-corrected chi connectivity index (χ4v) is 3.02. The van der Waals surface area contributed by atoms with Crippen molar-refractivity contribution in [2.75, 3.05) is 0 Å². The molecule has 2 rings (SSSR count). The Morgan fingerprint density at radius 2 is 1.43 bits per heavy atom. The van der Waals surface area contributed by atoms with E-state index in [2.05, 4.69) is 8.58 Å². The minimum absolute atomic E-state index is 0.290. The molecule has 2 aromatic rings. The van der Waals surface area contributed by atoms with Gasteiger partial charge in [0.2, 0.25) is 0 Å². The molecule has 0 unspecified atom stereocenters. The van der Waals surface area contributed by atoms with E-state index in [-0.39, 0.29) is 10.4 Å². The maximum Gasteiger partial charge on any atom is 0.166 e.